The van der Waals surface area contributed by atoms with Gasteiger partial charge >= 0.3 is 0 Å². The number of benzene rings is 3. The molecule has 4 aromatic heterocycles. The molecule has 5 heterocycles. The van der Waals surface area contributed by atoms with Crippen molar-refractivity contribution in [3.63, 3.8) is 0 Å². The van der Waals surface area contributed by atoms with E-state index in [0.29, 0.717) is 41.7 Å². The average molecular weight is 736 g/mol. The minimum atomic E-state index is -0.425. The maximum absolute atomic E-state index is 12.9. The summed E-state index contributed by atoms with van der Waals surface area (Å²) in [5.41, 5.74) is 12.5. The Balaban J connectivity index is 0.942. The molecule has 13 heteroatoms. The van der Waals surface area contributed by atoms with Crippen molar-refractivity contribution in [2.24, 2.45) is 10.2 Å². The van der Waals surface area contributed by atoms with E-state index in [9.17, 15) is 9.59 Å². The number of amides is 2. The lowest BCUT2D eigenvalue weighted by Gasteiger charge is -2.19. The molecule has 1 saturated heterocycles. The van der Waals surface area contributed by atoms with Gasteiger partial charge in [0.25, 0.3) is 11.8 Å². The third-order valence-corrected chi connectivity index (χ3v) is 9.42. The molecule has 2 amide bonds. The van der Waals surface area contributed by atoms with Gasteiger partial charge in [0.05, 0.1) is 19.0 Å². The molecule has 0 saturated carbocycles. The second-order valence-corrected chi connectivity index (χ2v) is 13.0. The highest BCUT2D eigenvalue weighted by molar-refractivity contribution is 5.99. The molecular formula is C42H37N7O6. The molecule has 1 aliphatic rings. The molecule has 1 fully saturated rings. The predicted molar refractivity (Wildman–Crippen MR) is 209 cm³/mol. The SMILES string of the molecule is Cc1c(-c2cc(-c3ncccc3OCC(=O)N/N=C/c3ccc4cc[nH]c4c3)co2)ccc(C2CCOC2)c1OCC(=O)N/N=C/c1cccc2[nH]ccc12. The van der Waals surface area contributed by atoms with Gasteiger partial charge in [-0.2, -0.15) is 10.2 Å². The van der Waals surface area contributed by atoms with Crippen molar-refractivity contribution in [2.75, 3.05) is 26.4 Å². The van der Waals surface area contributed by atoms with Crippen LogP contribution in [0.25, 0.3) is 44.4 Å². The molecule has 7 aromatic rings. The van der Waals surface area contributed by atoms with Gasteiger partial charge in [0.1, 0.15) is 29.2 Å². The van der Waals surface area contributed by atoms with Gasteiger partial charge in [0.2, 0.25) is 0 Å². The van der Waals surface area contributed by atoms with Crippen molar-refractivity contribution in [3.05, 3.63) is 126 Å². The number of hydrogen-bond donors (Lipinski definition) is 4. The number of aromatic nitrogens is 3. The van der Waals surface area contributed by atoms with Crippen molar-refractivity contribution < 1.29 is 28.2 Å². The first-order chi connectivity index (χ1) is 27.0. The first-order valence-corrected chi connectivity index (χ1v) is 17.8. The Bertz CT molecular complexity index is 2540. The fourth-order valence-electron chi connectivity index (χ4n) is 6.66. The van der Waals surface area contributed by atoms with Crippen LogP contribution < -0.4 is 20.3 Å². The number of H-pyrrole nitrogens is 2. The van der Waals surface area contributed by atoms with Crippen molar-refractivity contribution in [2.45, 2.75) is 19.3 Å². The lowest BCUT2D eigenvalue weighted by molar-refractivity contribution is -0.123. The molecule has 0 bridgehead atoms. The van der Waals surface area contributed by atoms with Crippen molar-refractivity contribution in [3.8, 4) is 34.1 Å². The molecule has 1 atom stereocenters. The first-order valence-electron chi connectivity index (χ1n) is 17.8. The van der Waals surface area contributed by atoms with E-state index in [4.69, 9.17) is 18.6 Å². The average Bonchev–Trinajstić information content (AvgIpc) is 4.05. The van der Waals surface area contributed by atoms with Crippen molar-refractivity contribution >= 4 is 46.0 Å². The van der Waals surface area contributed by atoms with Crippen LogP contribution in [0.5, 0.6) is 11.5 Å². The van der Waals surface area contributed by atoms with Gasteiger partial charge in [-0.15, -0.1) is 0 Å². The normalized spacial score (nSPS) is 14.3. The summed E-state index contributed by atoms with van der Waals surface area (Å²) in [7, 11) is 0. The van der Waals surface area contributed by atoms with Crippen molar-refractivity contribution in [1.29, 1.82) is 0 Å². The Morgan fingerprint density at radius 1 is 0.909 bits per heavy atom. The number of ether oxygens (including phenoxy) is 3. The van der Waals surface area contributed by atoms with Crippen LogP contribution in [0.4, 0.5) is 0 Å². The van der Waals surface area contributed by atoms with Crippen LogP contribution >= 0.6 is 0 Å². The number of nitrogens with zero attached hydrogens (tertiary/aromatic N) is 3. The second kappa shape index (κ2) is 15.9. The van der Waals surface area contributed by atoms with Crippen LogP contribution in [0.2, 0.25) is 0 Å². The summed E-state index contributed by atoms with van der Waals surface area (Å²) in [5, 5.41) is 10.3. The lowest BCUT2D eigenvalue weighted by Crippen LogP contribution is -2.25. The predicted octanol–water partition coefficient (Wildman–Crippen LogP) is 6.84. The highest BCUT2D eigenvalue weighted by Gasteiger charge is 2.25. The molecule has 1 unspecified atom stereocenters. The maximum atomic E-state index is 12.9. The van der Waals surface area contributed by atoms with Crippen LogP contribution in [0.1, 0.15) is 34.6 Å². The zero-order valence-corrected chi connectivity index (χ0v) is 29.9. The summed E-state index contributed by atoms with van der Waals surface area (Å²) in [4.78, 5) is 36.3. The Kier molecular flexibility index (Phi) is 10.2. The van der Waals surface area contributed by atoms with E-state index < -0.39 is 11.8 Å². The lowest BCUT2D eigenvalue weighted by atomic mass is 9.92. The van der Waals surface area contributed by atoms with Crippen LogP contribution in [-0.4, -0.2) is 65.6 Å². The van der Waals surface area contributed by atoms with Gasteiger partial charge in [-0.3, -0.25) is 14.6 Å². The van der Waals surface area contributed by atoms with Gasteiger partial charge in [0.15, 0.2) is 13.2 Å². The molecule has 3 aromatic carbocycles. The van der Waals surface area contributed by atoms with E-state index in [1.165, 1.54) is 0 Å². The number of pyridine rings is 1. The van der Waals surface area contributed by atoms with E-state index in [-0.39, 0.29) is 19.1 Å². The summed E-state index contributed by atoms with van der Waals surface area (Å²) in [5.74, 6) is 0.882. The number of nitrogens with one attached hydrogen (secondary N) is 4. The molecule has 13 nitrogen and oxygen atoms in total. The summed E-state index contributed by atoms with van der Waals surface area (Å²) < 4.78 is 23.9. The zero-order chi connectivity index (χ0) is 37.6. The van der Waals surface area contributed by atoms with E-state index in [1.54, 1.807) is 37.0 Å². The number of hydrazone groups is 2. The van der Waals surface area contributed by atoms with E-state index >= 15 is 0 Å². The van der Waals surface area contributed by atoms with Crippen LogP contribution in [0.15, 0.2) is 118 Å². The molecular weight excluding hydrogens is 699 g/mol. The fourth-order valence-corrected chi connectivity index (χ4v) is 6.66. The summed E-state index contributed by atoms with van der Waals surface area (Å²) in [6.45, 7) is 2.65. The van der Waals surface area contributed by atoms with Crippen LogP contribution in [-0.2, 0) is 14.3 Å². The van der Waals surface area contributed by atoms with E-state index in [1.807, 2.05) is 86.0 Å². The molecule has 55 heavy (non-hydrogen) atoms. The maximum Gasteiger partial charge on any atom is 0.277 e. The number of fused-ring (bicyclic) bond motifs is 2. The van der Waals surface area contributed by atoms with E-state index in [2.05, 4.69) is 36.0 Å². The fraction of sp³-hybridized carbons (Fsp3) is 0.167. The molecule has 1 aliphatic heterocycles. The monoisotopic (exact) mass is 735 g/mol. The summed E-state index contributed by atoms with van der Waals surface area (Å²) >= 11 is 0. The number of carbonyl (C=O) groups excluding carboxylic acids is 2. The van der Waals surface area contributed by atoms with Crippen molar-refractivity contribution in [1.82, 2.24) is 25.8 Å². The minimum Gasteiger partial charge on any atom is -0.483 e. The molecule has 0 spiro atoms. The third kappa shape index (κ3) is 7.87. The quantitative estimate of drug-likeness (QED) is 0.0743. The molecule has 0 aliphatic carbocycles. The summed E-state index contributed by atoms with van der Waals surface area (Å²) in [6.07, 6.45) is 11.0. The Morgan fingerprint density at radius 3 is 2.62 bits per heavy atom. The van der Waals surface area contributed by atoms with Gasteiger partial charge in [0, 0.05) is 69.8 Å². The van der Waals surface area contributed by atoms with Gasteiger partial charge < -0.3 is 28.6 Å². The molecule has 4 N–H and O–H groups in total. The molecule has 8 rings (SSSR count). The standard InChI is InChI=1S/C42H37N7O6/c1-26-32(9-10-34(30-13-17-52-22-30)42(26)55-25-40(51)49-47-21-29-4-2-5-35-33(29)12-16-43-35)38-19-31(23-53-38)41-37(6-3-14-45-41)54-24-39(50)48-46-20-27-7-8-28-11-15-44-36(28)18-27/h2-12,14-16,18-21,23,30,43-44H,13,17,22,24-25H2,1H3,(H,48,50)(H,49,51)/b46-20+,47-21+. The van der Waals surface area contributed by atoms with Gasteiger partial charge in [-0.1, -0.05) is 36.4 Å². The largest absolute Gasteiger partial charge is 0.483 e. The Labute approximate surface area is 315 Å². The third-order valence-electron chi connectivity index (χ3n) is 9.42. The highest BCUT2D eigenvalue weighted by atomic mass is 16.5. The van der Waals surface area contributed by atoms with E-state index in [0.717, 1.165) is 56.0 Å². The summed E-state index contributed by atoms with van der Waals surface area (Å²) in [6, 6.07) is 24.9. The Hall–Kier alpha value is -6.99. The molecule has 276 valence electrons. The van der Waals surface area contributed by atoms with Gasteiger partial charge in [-0.05, 0) is 72.3 Å². The first kappa shape index (κ1) is 35.1. The number of hydrogen-bond acceptors (Lipinski definition) is 9. The van der Waals surface area contributed by atoms with Crippen LogP contribution in [0.3, 0.4) is 0 Å². The topological polar surface area (TPSA) is 168 Å². The molecule has 0 radical (unpaired) electrons. The minimum absolute atomic E-state index is 0.128. The highest BCUT2D eigenvalue weighted by Crippen LogP contribution is 2.41. The van der Waals surface area contributed by atoms with Crippen LogP contribution in [0, 0.1) is 6.92 Å². The smallest absolute Gasteiger partial charge is 0.277 e. The van der Waals surface area contributed by atoms with Gasteiger partial charge in [-0.25, -0.2) is 10.9 Å². The second-order valence-electron chi connectivity index (χ2n) is 13.0. The number of aromatic amines is 2. The zero-order valence-electron chi connectivity index (χ0n) is 29.9. The Morgan fingerprint density at radius 2 is 1.75 bits per heavy atom. The number of carbonyl (C=O) groups is 2. The number of furan rings is 1. The number of rotatable bonds is 13.